The maximum absolute atomic E-state index is 13.1. The fraction of sp³-hybridized carbons (Fsp3) is 0.550. The lowest BCUT2D eigenvalue weighted by atomic mass is 9.85. The highest BCUT2D eigenvalue weighted by Crippen LogP contribution is 2.61. The first-order chi connectivity index (χ1) is 13.6. The number of piperidine rings is 1. The molecule has 3 atom stereocenters. The molecule has 8 nitrogen and oxygen atoms in total. The molecule has 5 rings (SSSR count). The maximum atomic E-state index is 13.1. The van der Waals surface area contributed by atoms with Crippen LogP contribution in [-0.4, -0.2) is 45.3 Å². The minimum Gasteiger partial charge on any atom is -0.423 e. The molecule has 1 spiro atoms. The summed E-state index contributed by atoms with van der Waals surface area (Å²) in [4.78, 5) is 20.9. The molecule has 2 N–H and O–H groups in total. The average molecular weight is 383 g/mol. The van der Waals surface area contributed by atoms with Crippen molar-refractivity contribution in [1.82, 2.24) is 20.2 Å². The summed E-state index contributed by atoms with van der Waals surface area (Å²) in [6.07, 6.45) is 3.04. The van der Waals surface area contributed by atoms with Gasteiger partial charge in [0.15, 0.2) is 0 Å². The fourth-order valence-electron chi connectivity index (χ4n) is 4.40. The van der Waals surface area contributed by atoms with Crippen LogP contribution in [0.15, 0.2) is 34.7 Å². The molecule has 2 amide bonds. The normalized spacial score (nSPS) is 26.1. The summed E-state index contributed by atoms with van der Waals surface area (Å²) in [7, 11) is 0. The monoisotopic (exact) mass is 383 g/mol. The van der Waals surface area contributed by atoms with Crippen LogP contribution in [0.4, 0.5) is 4.79 Å². The third-order valence-electron chi connectivity index (χ3n) is 6.39. The molecule has 2 saturated heterocycles. The molecule has 1 aromatic heterocycles. The molecular weight excluding hydrogens is 358 g/mol. The molecule has 1 saturated carbocycles. The van der Waals surface area contributed by atoms with E-state index in [0.717, 1.165) is 24.8 Å². The lowest BCUT2D eigenvalue weighted by molar-refractivity contribution is -0.153. The minimum absolute atomic E-state index is 0.00691. The number of hydrogen-bond acceptors (Lipinski definition) is 6. The van der Waals surface area contributed by atoms with Crippen molar-refractivity contribution in [2.75, 3.05) is 13.1 Å². The second-order valence-corrected chi connectivity index (χ2v) is 8.23. The number of carbonyl (C=O) groups excluding carboxylic acids is 1. The molecule has 3 heterocycles. The number of benzene rings is 1. The summed E-state index contributed by atoms with van der Waals surface area (Å²) in [6, 6.07) is 9.70. The zero-order chi connectivity index (χ0) is 19.3. The van der Waals surface area contributed by atoms with Crippen molar-refractivity contribution in [1.29, 1.82) is 0 Å². The van der Waals surface area contributed by atoms with Gasteiger partial charge in [0.1, 0.15) is 12.6 Å². The van der Waals surface area contributed by atoms with Gasteiger partial charge in [-0.2, -0.15) is 5.06 Å². The molecular formula is C20H25N5O3. The highest BCUT2D eigenvalue weighted by molar-refractivity contribution is 5.77. The molecule has 2 aliphatic heterocycles. The van der Waals surface area contributed by atoms with Crippen LogP contribution in [0, 0.1) is 5.41 Å². The van der Waals surface area contributed by atoms with Gasteiger partial charge in [0, 0.05) is 19.0 Å². The van der Waals surface area contributed by atoms with Crippen molar-refractivity contribution in [2.24, 2.45) is 11.1 Å². The van der Waals surface area contributed by atoms with Gasteiger partial charge < -0.3 is 15.1 Å². The van der Waals surface area contributed by atoms with E-state index in [4.69, 9.17) is 15.0 Å². The summed E-state index contributed by atoms with van der Waals surface area (Å²) in [5, 5.41) is 10.00. The Morgan fingerprint density at radius 1 is 1.32 bits per heavy atom. The van der Waals surface area contributed by atoms with E-state index < -0.39 is 0 Å². The highest BCUT2D eigenvalue weighted by Gasteiger charge is 2.64. The molecule has 0 radical (unpaired) electrons. The van der Waals surface area contributed by atoms with Crippen molar-refractivity contribution in [3.8, 4) is 0 Å². The summed E-state index contributed by atoms with van der Waals surface area (Å²) in [6.45, 7) is 3.43. The number of carbonyl (C=O) groups is 1. The lowest BCUT2D eigenvalue weighted by Gasteiger charge is -2.35. The third kappa shape index (κ3) is 2.79. The Morgan fingerprint density at radius 3 is 2.82 bits per heavy atom. The summed E-state index contributed by atoms with van der Waals surface area (Å²) < 4.78 is 5.90. The van der Waals surface area contributed by atoms with Gasteiger partial charge in [0.25, 0.3) is 0 Å². The van der Waals surface area contributed by atoms with Gasteiger partial charge in [0.2, 0.25) is 11.8 Å². The molecule has 1 aliphatic carbocycles. The van der Waals surface area contributed by atoms with Crippen molar-refractivity contribution in [3.63, 3.8) is 0 Å². The number of nitrogens with zero attached hydrogens (tertiary/aromatic N) is 4. The fourth-order valence-corrected chi connectivity index (χ4v) is 4.40. The van der Waals surface area contributed by atoms with Crippen LogP contribution in [0.1, 0.15) is 55.5 Å². The van der Waals surface area contributed by atoms with E-state index in [0.29, 0.717) is 31.5 Å². The Morgan fingerprint density at radius 2 is 2.11 bits per heavy atom. The smallest absolute Gasteiger partial charge is 0.345 e. The van der Waals surface area contributed by atoms with Gasteiger partial charge in [-0.3, -0.25) is 4.84 Å². The van der Waals surface area contributed by atoms with Crippen LogP contribution in [-0.2, 0) is 11.4 Å². The van der Waals surface area contributed by atoms with E-state index in [-0.39, 0.29) is 29.4 Å². The van der Waals surface area contributed by atoms with Crippen molar-refractivity contribution < 1.29 is 14.0 Å². The number of nitrogens with two attached hydrogens (primary N) is 1. The van der Waals surface area contributed by atoms with E-state index in [9.17, 15) is 4.79 Å². The molecule has 8 heteroatoms. The average Bonchev–Trinajstić information content (AvgIpc) is 3.20. The number of hydrogen-bond donors (Lipinski definition) is 1. The molecule has 28 heavy (non-hydrogen) atoms. The maximum Gasteiger partial charge on any atom is 0.345 e. The van der Waals surface area contributed by atoms with E-state index in [1.807, 2.05) is 42.2 Å². The van der Waals surface area contributed by atoms with E-state index >= 15 is 0 Å². The highest BCUT2D eigenvalue weighted by atomic mass is 16.7. The molecule has 2 bridgehead atoms. The Labute approximate surface area is 163 Å². The number of fused-ring (bicyclic) bond motifs is 3. The van der Waals surface area contributed by atoms with Gasteiger partial charge in [0.05, 0.1) is 6.04 Å². The van der Waals surface area contributed by atoms with Crippen molar-refractivity contribution in [2.45, 2.75) is 50.8 Å². The van der Waals surface area contributed by atoms with Gasteiger partial charge >= 0.3 is 6.03 Å². The zero-order valence-electron chi connectivity index (χ0n) is 16.0. The Bertz CT molecular complexity index is 866. The molecule has 2 aromatic rings. The molecule has 1 unspecified atom stereocenters. The van der Waals surface area contributed by atoms with Crippen molar-refractivity contribution >= 4 is 6.03 Å². The van der Waals surface area contributed by atoms with E-state index in [1.54, 1.807) is 5.06 Å². The predicted molar refractivity (Wildman–Crippen MR) is 99.8 cm³/mol. The summed E-state index contributed by atoms with van der Waals surface area (Å²) in [5.74, 6) is 1.05. The Hall–Kier alpha value is -2.45. The second-order valence-electron chi connectivity index (χ2n) is 8.23. The standard InChI is InChI=1S/C20H25N5O3/c1-13(10-21)17-22-23-18(28-17)15-9-20(7-8-20)16-11-24(15)19(26)25(16)27-12-14-5-3-2-4-6-14/h2-6,13,15-16H,7-12,21H2,1H3/t13-,15?,16-/m0/s1. The van der Waals surface area contributed by atoms with E-state index in [2.05, 4.69) is 10.2 Å². The molecule has 1 aromatic carbocycles. The SMILES string of the molecule is C[C@@H](CN)c1nnc(C2CC3(CC3)[C@@H]3CN2C(=O)N3OCc2ccccc2)o1. The number of urea groups is 1. The topological polar surface area (TPSA) is 97.7 Å². The third-order valence-corrected chi connectivity index (χ3v) is 6.39. The van der Waals surface area contributed by atoms with Gasteiger partial charge in [-0.05, 0) is 30.2 Å². The Balaban J connectivity index is 1.37. The first-order valence-electron chi connectivity index (χ1n) is 9.91. The van der Waals surface area contributed by atoms with Crippen LogP contribution in [0.2, 0.25) is 0 Å². The van der Waals surface area contributed by atoms with Crippen LogP contribution < -0.4 is 5.73 Å². The largest absolute Gasteiger partial charge is 0.423 e. The first kappa shape index (κ1) is 17.6. The number of aromatic nitrogens is 2. The number of rotatable bonds is 6. The summed E-state index contributed by atoms with van der Waals surface area (Å²) >= 11 is 0. The molecule has 148 valence electrons. The Kier molecular flexibility index (Phi) is 4.13. The van der Waals surface area contributed by atoms with Crippen LogP contribution in [0.25, 0.3) is 0 Å². The van der Waals surface area contributed by atoms with Crippen LogP contribution in [0.3, 0.4) is 0 Å². The van der Waals surface area contributed by atoms with Gasteiger partial charge in [-0.1, -0.05) is 37.3 Å². The zero-order valence-corrected chi connectivity index (χ0v) is 16.0. The van der Waals surface area contributed by atoms with Crippen LogP contribution in [0.5, 0.6) is 0 Å². The summed E-state index contributed by atoms with van der Waals surface area (Å²) in [5.41, 5.74) is 6.85. The first-order valence-corrected chi connectivity index (χ1v) is 9.91. The lowest BCUT2D eigenvalue weighted by Crippen LogP contribution is -2.42. The number of hydroxylamine groups is 2. The van der Waals surface area contributed by atoms with Gasteiger partial charge in [-0.25, -0.2) is 4.79 Å². The second kappa shape index (κ2) is 6.56. The minimum atomic E-state index is -0.192. The van der Waals surface area contributed by atoms with Gasteiger partial charge in [-0.15, -0.1) is 10.2 Å². The van der Waals surface area contributed by atoms with E-state index in [1.165, 1.54) is 0 Å². The van der Waals surface area contributed by atoms with Crippen molar-refractivity contribution in [3.05, 3.63) is 47.7 Å². The number of amides is 2. The molecule has 3 aliphatic rings. The van der Waals surface area contributed by atoms with Crippen LogP contribution >= 0.6 is 0 Å². The predicted octanol–water partition coefficient (Wildman–Crippen LogP) is 2.59. The quantitative estimate of drug-likeness (QED) is 0.823. The molecule has 3 fully saturated rings.